The highest BCUT2D eigenvalue weighted by molar-refractivity contribution is 5.78. The van der Waals surface area contributed by atoms with Gasteiger partial charge in [0.15, 0.2) is 0 Å². The zero-order valence-electron chi connectivity index (χ0n) is 17.9. The molecule has 0 bridgehead atoms. The predicted octanol–water partition coefficient (Wildman–Crippen LogP) is 2.82. The normalized spacial score (nSPS) is 19.5. The Kier molecular flexibility index (Phi) is 7.34. The summed E-state index contributed by atoms with van der Waals surface area (Å²) in [6.07, 6.45) is 2.28. The molecule has 0 aliphatic carbocycles. The number of rotatable bonds is 7. The third-order valence-electron chi connectivity index (χ3n) is 5.71. The second kappa shape index (κ2) is 9.96. The molecule has 2 aromatic carbocycles. The van der Waals surface area contributed by atoms with Gasteiger partial charge >= 0.3 is 0 Å². The first-order valence-electron chi connectivity index (χ1n) is 10.5. The molecule has 6 nitrogen and oxygen atoms in total. The van der Waals surface area contributed by atoms with E-state index in [1.807, 2.05) is 42.3 Å². The molecule has 1 atom stereocenters. The number of hydrogen-bond donors (Lipinski definition) is 2. The van der Waals surface area contributed by atoms with Gasteiger partial charge < -0.3 is 19.8 Å². The number of methoxy groups -OCH3 is 1. The third-order valence-corrected chi connectivity index (χ3v) is 5.71. The van der Waals surface area contributed by atoms with Crippen LogP contribution in [0.2, 0.25) is 0 Å². The highest BCUT2D eigenvalue weighted by Gasteiger charge is 2.32. The summed E-state index contributed by atoms with van der Waals surface area (Å²) in [7, 11) is 3.67. The number of benzene rings is 2. The summed E-state index contributed by atoms with van der Waals surface area (Å²) < 4.78 is 5.20. The van der Waals surface area contributed by atoms with E-state index >= 15 is 0 Å². The number of nitrogens with zero attached hydrogens (tertiary/aromatic N) is 2. The molecule has 6 heteroatoms. The van der Waals surface area contributed by atoms with E-state index in [1.54, 1.807) is 25.3 Å². The number of likely N-dealkylation sites (N-methyl/N-ethyl adjacent to an activating group) is 1. The van der Waals surface area contributed by atoms with Gasteiger partial charge in [-0.25, -0.2) is 0 Å². The van der Waals surface area contributed by atoms with Gasteiger partial charge in [0.25, 0.3) is 0 Å². The number of likely N-dealkylation sites (tertiary alicyclic amines) is 1. The summed E-state index contributed by atoms with van der Waals surface area (Å²) >= 11 is 0. The fourth-order valence-electron chi connectivity index (χ4n) is 4.14. The van der Waals surface area contributed by atoms with E-state index in [0.29, 0.717) is 32.5 Å². The molecule has 30 heavy (non-hydrogen) atoms. The second-order valence-corrected chi connectivity index (χ2v) is 8.33. The van der Waals surface area contributed by atoms with Crippen molar-refractivity contribution in [2.24, 2.45) is 0 Å². The predicted molar refractivity (Wildman–Crippen MR) is 117 cm³/mol. The fraction of sp³-hybridized carbons (Fsp3) is 0.458. The Morgan fingerprint density at radius 2 is 1.90 bits per heavy atom. The van der Waals surface area contributed by atoms with Crippen molar-refractivity contribution in [2.45, 2.75) is 37.8 Å². The van der Waals surface area contributed by atoms with Crippen molar-refractivity contribution in [1.29, 1.82) is 0 Å². The molecule has 162 valence electrons. The van der Waals surface area contributed by atoms with Gasteiger partial charge in [0, 0.05) is 26.2 Å². The van der Waals surface area contributed by atoms with Crippen molar-refractivity contribution in [3.63, 3.8) is 0 Å². The number of aromatic hydroxyl groups is 1. The molecule has 0 aromatic heterocycles. The SMILES string of the molecule is COc1ccc(CN(C)CC2(O)CCCN(C(=O)Cc3cccc(O)c3)CC2)cc1. The van der Waals surface area contributed by atoms with Crippen molar-refractivity contribution in [3.05, 3.63) is 59.7 Å². The first-order valence-corrected chi connectivity index (χ1v) is 10.5. The smallest absolute Gasteiger partial charge is 0.226 e. The number of carbonyl (C=O) groups excluding carboxylic acids is 1. The lowest BCUT2D eigenvalue weighted by atomic mass is 9.94. The molecule has 0 saturated carbocycles. The molecule has 1 amide bonds. The topological polar surface area (TPSA) is 73.2 Å². The van der Waals surface area contributed by atoms with Crippen LogP contribution in [0.4, 0.5) is 0 Å². The largest absolute Gasteiger partial charge is 0.508 e. The van der Waals surface area contributed by atoms with Gasteiger partial charge in [0.1, 0.15) is 11.5 Å². The van der Waals surface area contributed by atoms with Gasteiger partial charge in [0.05, 0.1) is 19.1 Å². The summed E-state index contributed by atoms with van der Waals surface area (Å²) in [5.41, 5.74) is 1.17. The lowest BCUT2D eigenvalue weighted by Crippen LogP contribution is -2.42. The number of amides is 1. The third kappa shape index (κ3) is 6.21. The molecular weight excluding hydrogens is 380 g/mol. The van der Waals surface area contributed by atoms with Crippen molar-refractivity contribution in [1.82, 2.24) is 9.80 Å². The van der Waals surface area contributed by atoms with E-state index in [1.165, 1.54) is 5.56 Å². The lowest BCUT2D eigenvalue weighted by molar-refractivity contribution is -0.130. The summed E-state index contributed by atoms with van der Waals surface area (Å²) in [5.74, 6) is 1.04. The zero-order valence-corrected chi connectivity index (χ0v) is 17.9. The Labute approximate surface area is 178 Å². The van der Waals surface area contributed by atoms with E-state index in [4.69, 9.17) is 4.74 Å². The summed E-state index contributed by atoms with van der Waals surface area (Å²) in [4.78, 5) is 16.7. The lowest BCUT2D eigenvalue weighted by Gasteiger charge is -2.32. The zero-order chi connectivity index (χ0) is 21.6. The summed E-state index contributed by atoms with van der Waals surface area (Å²) in [5, 5.41) is 20.8. The minimum absolute atomic E-state index is 0.0384. The molecule has 1 fully saturated rings. The molecule has 1 aliphatic heterocycles. The van der Waals surface area contributed by atoms with E-state index < -0.39 is 5.60 Å². The molecule has 1 unspecified atom stereocenters. The van der Waals surface area contributed by atoms with Crippen LogP contribution < -0.4 is 4.74 Å². The maximum atomic E-state index is 12.7. The highest BCUT2D eigenvalue weighted by Crippen LogP contribution is 2.25. The number of phenolic OH excluding ortho intramolecular Hbond substituents is 1. The number of phenols is 1. The Balaban J connectivity index is 1.52. The highest BCUT2D eigenvalue weighted by atomic mass is 16.5. The van der Waals surface area contributed by atoms with Gasteiger partial charge in [-0.1, -0.05) is 24.3 Å². The maximum absolute atomic E-state index is 12.7. The van der Waals surface area contributed by atoms with Crippen LogP contribution in [-0.2, 0) is 17.8 Å². The van der Waals surface area contributed by atoms with E-state index in [9.17, 15) is 15.0 Å². The maximum Gasteiger partial charge on any atom is 0.226 e. The Morgan fingerprint density at radius 1 is 1.13 bits per heavy atom. The monoisotopic (exact) mass is 412 g/mol. The second-order valence-electron chi connectivity index (χ2n) is 8.33. The fourth-order valence-corrected chi connectivity index (χ4v) is 4.14. The molecule has 1 aliphatic rings. The summed E-state index contributed by atoms with van der Waals surface area (Å²) in [6, 6.07) is 14.8. The van der Waals surface area contributed by atoms with Gasteiger partial charge in [-0.15, -0.1) is 0 Å². The van der Waals surface area contributed by atoms with Crippen molar-refractivity contribution < 1.29 is 19.7 Å². The van der Waals surface area contributed by atoms with Gasteiger partial charge in [-0.05, 0) is 61.7 Å². The van der Waals surface area contributed by atoms with Crippen LogP contribution in [0, 0.1) is 0 Å². The Bertz CT molecular complexity index is 839. The standard InChI is InChI=1S/C24H32N2O4/c1-25(17-19-7-9-22(30-2)10-8-19)18-24(29)11-4-13-26(14-12-24)23(28)16-20-5-3-6-21(27)15-20/h3,5-10,15,27,29H,4,11-14,16-18H2,1-2H3. The number of carbonyl (C=O) groups is 1. The molecule has 3 rings (SSSR count). The van der Waals surface area contributed by atoms with Crippen LogP contribution >= 0.6 is 0 Å². The van der Waals surface area contributed by atoms with E-state index in [2.05, 4.69) is 4.90 Å². The first-order chi connectivity index (χ1) is 14.4. The van der Waals surface area contributed by atoms with Crippen LogP contribution in [0.25, 0.3) is 0 Å². The Hall–Kier alpha value is -2.57. The number of hydrogen-bond acceptors (Lipinski definition) is 5. The molecule has 0 radical (unpaired) electrons. The molecule has 2 aromatic rings. The minimum atomic E-state index is -0.804. The van der Waals surface area contributed by atoms with Gasteiger partial charge in [0.2, 0.25) is 5.91 Å². The number of ether oxygens (including phenoxy) is 1. The van der Waals surface area contributed by atoms with Crippen LogP contribution in [0.5, 0.6) is 11.5 Å². The van der Waals surface area contributed by atoms with Crippen molar-refractivity contribution in [2.75, 3.05) is 33.8 Å². The molecule has 0 spiro atoms. The van der Waals surface area contributed by atoms with Crippen molar-refractivity contribution >= 4 is 5.91 Å². The minimum Gasteiger partial charge on any atom is -0.508 e. The molecule has 2 N–H and O–H groups in total. The summed E-state index contributed by atoms with van der Waals surface area (Å²) in [6.45, 7) is 2.51. The molecular formula is C24H32N2O4. The molecule has 1 saturated heterocycles. The van der Waals surface area contributed by atoms with Crippen LogP contribution in [-0.4, -0.2) is 65.3 Å². The van der Waals surface area contributed by atoms with Gasteiger partial charge in [-0.3, -0.25) is 9.69 Å². The van der Waals surface area contributed by atoms with Crippen LogP contribution in [0.15, 0.2) is 48.5 Å². The van der Waals surface area contributed by atoms with Crippen LogP contribution in [0.3, 0.4) is 0 Å². The van der Waals surface area contributed by atoms with E-state index in [-0.39, 0.29) is 18.1 Å². The quantitative estimate of drug-likeness (QED) is 0.732. The average Bonchev–Trinajstić information content (AvgIpc) is 2.90. The molecule has 1 heterocycles. The van der Waals surface area contributed by atoms with Crippen LogP contribution in [0.1, 0.15) is 30.4 Å². The number of aliphatic hydroxyl groups is 1. The Morgan fingerprint density at radius 3 is 2.60 bits per heavy atom. The van der Waals surface area contributed by atoms with E-state index in [0.717, 1.165) is 24.3 Å². The first kappa shape index (κ1) is 22.1. The van der Waals surface area contributed by atoms with Gasteiger partial charge in [-0.2, -0.15) is 0 Å². The average molecular weight is 413 g/mol. The van der Waals surface area contributed by atoms with Crippen molar-refractivity contribution in [3.8, 4) is 11.5 Å².